The number of carbonyl (C=O) groups is 1. The molecule has 0 aliphatic rings. The van der Waals surface area contributed by atoms with Crippen molar-refractivity contribution in [1.29, 1.82) is 0 Å². The monoisotopic (exact) mass is 296 g/mol. The fourth-order valence-electron chi connectivity index (χ4n) is 1.89. The molecular formula is C14H12N6O2. The predicted octanol–water partition coefficient (Wildman–Crippen LogP) is 1.23. The number of nitrogens with one attached hydrogen (secondary N) is 1. The molecule has 0 saturated heterocycles. The Morgan fingerprint density at radius 3 is 2.86 bits per heavy atom. The van der Waals surface area contributed by atoms with Crippen LogP contribution in [0.5, 0.6) is 0 Å². The van der Waals surface area contributed by atoms with Gasteiger partial charge in [-0.2, -0.15) is 10.3 Å². The van der Waals surface area contributed by atoms with E-state index in [0.717, 1.165) is 11.6 Å². The summed E-state index contributed by atoms with van der Waals surface area (Å²) in [5.74, 6) is -0.777. The van der Waals surface area contributed by atoms with Gasteiger partial charge in [-0.15, -0.1) is 10.2 Å². The summed E-state index contributed by atoms with van der Waals surface area (Å²) in [6, 6.07) is 9.77. The van der Waals surface area contributed by atoms with Gasteiger partial charge < -0.3 is 5.11 Å². The third-order valence-corrected chi connectivity index (χ3v) is 2.95. The second-order valence-corrected chi connectivity index (χ2v) is 4.54. The van der Waals surface area contributed by atoms with E-state index in [0.29, 0.717) is 12.1 Å². The Balaban J connectivity index is 1.73. The zero-order valence-corrected chi connectivity index (χ0v) is 11.4. The van der Waals surface area contributed by atoms with Gasteiger partial charge in [-0.3, -0.25) is 9.48 Å². The number of carbonyl (C=O) groups excluding carboxylic acids is 1. The molecule has 0 bridgehead atoms. The van der Waals surface area contributed by atoms with E-state index in [1.165, 1.54) is 6.20 Å². The predicted molar refractivity (Wildman–Crippen MR) is 76.9 cm³/mol. The Morgan fingerprint density at radius 2 is 2.14 bits per heavy atom. The topological polar surface area (TPSA) is 110 Å². The van der Waals surface area contributed by atoms with Crippen LogP contribution in [0.2, 0.25) is 0 Å². The molecule has 2 N–H and O–H groups in total. The van der Waals surface area contributed by atoms with E-state index in [-0.39, 0.29) is 17.4 Å². The SMILES string of the molecule is O=C(C=C(O)c1nn[nH]n1)c1cnn(Cc2ccccc2)c1. The smallest absolute Gasteiger partial charge is 0.239 e. The summed E-state index contributed by atoms with van der Waals surface area (Å²) in [5, 5.41) is 26.5. The van der Waals surface area contributed by atoms with Crippen molar-refractivity contribution in [3.05, 3.63) is 65.8 Å². The Labute approximate surface area is 125 Å². The summed E-state index contributed by atoms with van der Waals surface area (Å²) < 4.78 is 1.65. The van der Waals surface area contributed by atoms with Crippen LogP contribution < -0.4 is 0 Å². The van der Waals surface area contributed by atoms with Crippen molar-refractivity contribution in [3.63, 3.8) is 0 Å². The van der Waals surface area contributed by atoms with Crippen LogP contribution in [0.1, 0.15) is 21.7 Å². The van der Waals surface area contributed by atoms with Crippen LogP contribution in [-0.2, 0) is 6.54 Å². The molecule has 2 heterocycles. The van der Waals surface area contributed by atoms with Gasteiger partial charge >= 0.3 is 0 Å². The fourth-order valence-corrected chi connectivity index (χ4v) is 1.89. The van der Waals surface area contributed by atoms with Crippen molar-refractivity contribution in [2.75, 3.05) is 0 Å². The molecule has 3 aromatic rings. The van der Waals surface area contributed by atoms with Gasteiger partial charge in [-0.05, 0) is 10.8 Å². The van der Waals surface area contributed by atoms with E-state index >= 15 is 0 Å². The largest absolute Gasteiger partial charge is 0.504 e. The number of rotatable bonds is 5. The molecule has 0 fully saturated rings. The zero-order valence-electron chi connectivity index (χ0n) is 11.4. The number of H-pyrrole nitrogens is 1. The summed E-state index contributed by atoms with van der Waals surface area (Å²) in [6.45, 7) is 0.564. The van der Waals surface area contributed by atoms with E-state index in [9.17, 15) is 9.90 Å². The highest BCUT2D eigenvalue weighted by Gasteiger charge is 2.11. The molecule has 2 aromatic heterocycles. The molecule has 8 heteroatoms. The lowest BCUT2D eigenvalue weighted by atomic mass is 10.2. The van der Waals surface area contributed by atoms with E-state index < -0.39 is 0 Å². The summed E-state index contributed by atoms with van der Waals surface area (Å²) in [4.78, 5) is 12.0. The first-order chi connectivity index (χ1) is 10.7. The van der Waals surface area contributed by atoms with Crippen molar-refractivity contribution < 1.29 is 9.90 Å². The van der Waals surface area contributed by atoms with Gasteiger partial charge in [0, 0.05) is 12.3 Å². The molecule has 0 radical (unpaired) electrons. The minimum atomic E-state index is -0.387. The number of aromatic nitrogens is 6. The molecule has 1 aromatic carbocycles. The summed E-state index contributed by atoms with van der Waals surface area (Å²) in [5.41, 5.74) is 1.45. The maximum Gasteiger partial charge on any atom is 0.239 e. The number of hydrogen-bond donors (Lipinski definition) is 2. The minimum absolute atomic E-state index is 0.0370. The summed E-state index contributed by atoms with van der Waals surface area (Å²) in [7, 11) is 0. The Hall–Kier alpha value is -3.29. The molecule has 3 rings (SSSR count). The molecule has 0 unspecified atom stereocenters. The lowest BCUT2D eigenvalue weighted by Crippen LogP contribution is -2.00. The first-order valence-electron chi connectivity index (χ1n) is 6.47. The number of aliphatic hydroxyl groups excluding tert-OH is 1. The number of aromatic amines is 1. The summed E-state index contributed by atoms with van der Waals surface area (Å²) in [6.07, 6.45) is 4.11. The van der Waals surface area contributed by atoms with Gasteiger partial charge in [-0.1, -0.05) is 30.3 Å². The van der Waals surface area contributed by atoms with Gasteiger partial charge in [0.05, 0.1) is 18.3 Å². The van der Waals surface area contributed by atoms with E-state index in [2.05, 4.69) is 25.7 Å². The molecule has 22 heavy (non-hydrogen) atoms. The van der Waals surface area contributed by atoms with Crippen LogP contribution in [0.4, 0.5) is 0 Å². The molecule has 0 aliphatic heterocycles. The van der Waals surface area contributed by atoms with Gasteiger partial charge in [0.15, 0.2) is 11.5 Å². The molecule has 0 amide bonds. The first-order valence-corrected chi connectivity index (χ1v) is 6.47. The van der Waals surface area contributed by atoms with Crippen molar-refractivity contribution >= 4 is 11.5 Å². The van der Waals surface area contributed by atoms with Crippen LogP contribution in [0.3, 0.4) is 0 Å². The van der Waals surface area contributed by atoms with Crippen molar-refractivity contribution in [1.82, 2.24) is 30.4 Å². The normalized spacial score (nSPS) is 11.5. The highest BCUT2D eigenvalue weighted by molar-refractivity contribution is 6.07. The highest BCUT2D eigenvalue weighted by atomic mass is 16.3. The lowest BCUT2D eigenvalue weighted by molar-refractivity contribution is 0.104. The van der Waals surface area contributed by atoms with E-state index in [1.54, 1.807) is 10.9 Å². The first kappa shape index (κ1) is 13.7. The Bertz CT molecular complexity index is 792. The average molecular weight is 296 g/mol. The fraction of sp³-hybridized carbons (Fsp3) is 0.0714. The summed E-state index contributed by atoms with van der Waals surface area (Å²) >= 11 is 0. The molecular weight excluding hydrogens is 284 g/mol. The molecule has 8 nitrogen and oxygen atoms in total. The number of ketones is 1. The van der Waals surface area contributed by atoms with Crippen LogP contribution >= 0.6 is 0 Å². The lowest BCUT2D eigenvalue weighted by Gasteiger charge is -2.00. The van der Waals surface area contributed by atoms with Gasteiger partial charge in [0.2, 0.25) is 5.82 Å². The molecule has 0 atom stereocenters. The van der Waals surface area contributed by atoms with Crippen LogP contribution in [0.15, 0.2) is 48.8 Å². The zero-order chi connectivity index (χ0) is 15.4. The quantitative estimate of drug-likeness (QED) is 0.416. The maximum atomic E-state index is 12.0. The number of tetrazole rings is 1. The Kier molecular flexibility index (Phi) is 3.73. The number of nitrogens with zero attached hydrogens (tertiary/aromatic N) is 5. The minimum Gasteiger partial charge on any atom is -0.504 e. The number of benzene rings is 1. The van der Waals surface area contributed by atoms with Crippen molar-refractivity contribution in [3.8, 4) is 0 Å². The second-order valence-electron chi connectivity index (χ2n) is 4.54. The number of allylic oxidation sites excluding steroid dienone is 1. The standard InChI is InChI=1S/C14H12N6O2/c21-12(6-13(22)14-16-18-19-17-14)11-7-15-20(9-11)8-10-4-2-1-3-5-10/h1-7,9,22H,8H2,(H,16,17,18,19). The average Bonchev–Trinajstić information content (AvgIpc) is 3.19. The Morgan fingerprint density at radius 1 is 1.32 bits per heavy atom. The maximum absolute atomic E-state index is 12.0. The van der Waals surface area contributed by atoms with Gasteiger partial charge in [0.25, 0.3) is 0 Å². The number of hydrogen-bond acceptors (Lipinski definition) is 6. The van der Waals surface area contributed by atoms with E-state index in [1.807, 2.05) is 30.3 Å². The molecule has 0 spiro atoms. The second kappa shape index (κ2) is 6.00. The van der Waals surface area contributed by atoms with E-state index in [4.69, 9.17) is 0 Å². The van der Waals surface area contributed by atoms with Crippen molar-refractivity contribution in [2.45, 2.75) is 6.54 Å². The molecule has 0 aliphatic carbocycles. The number of aliphatic hydroxyl groups is 1. The highest BCUT2D eigenvalue weighted by Crippen LogP contribution is 2.08. The van der Waals surface area contributed by atoms with Gasteiger partial charge in [0.1, 0.15) is 0 Å². The molecule has 110 valence electrons. The third kappa shape index (κ3) is 3.06. The molecule has 0 saturated carbocycles. The van der Waals surface area contributed by atoms with Crippen LogP contribution in [0, 0.1) is 0 Å². The van der Waals surface area contributed by atoms with Crippen molar-refractivity contribution in [2.24, 2.45) is 0 Å². The van der Waals surface area contributed by atoms with Gasteiger partial charge in [-0.25, -0.2) is 0 Å². The van der Waals surface area contributed by atoms with Crippen LogP contribution in [-0.4, -0.2) is 41.3 Å². The third-order valence-electron chi connectivity index (χ3n) is 2.95. The van der Waals surface area contributed by atoms with Crippen LogP contribution in [0.25, 0.3) is 5.76 Å².